The Morgan fingerprint density at radius 1 is 1.14 bits per heavy atom. The van der Waals surface area contributed by atoms with Crippen molar-refractivity contribution in [2.75, 3.05) is 18.6 Å². The monoisotopic (exact) mass is 695 g/mol. The summed E-state index contributed by atoms with van der Waals surface area (Å²) in [6, 6.07) is 11.9. The third-order valence-electron chi connectivity index (χ3n) is 6.81. The van der Waals surface area contributed by atoms with Crippen LogP contribution in [0.15, 0.2) is 58.3 Å². The van der Waals surface area contributed by atoms with Gasteiger partial charge in [-0.05, 0) is 42.7 Å². The van der Waals surface area contributed by atoms with Gasteiger partial charge in [-0.1, -0.05) is 53.5 Å². The molecule has 0 bridgehead atoms. The van der Waals surface area contributed by atoms with E-state index in [-0.39, 0.29) is 33.9 Å². The molecule has 1 aliphatic heterocycles. The highest BCUT2D eigenvalue weighted by Gasteiger charge is 2.45. The Kier molecular flexibility index (Phi) is 9.00. The first kappa shape index (κ1) is 33.5. The summed E-state index contributed by atoms with van der Waals surface area (Å²) in [6.07, 6.45) is -4.54. The molecule has 5 rings (SSSR count). The summed E-state index contributed by atoms with van der Waals surface area (Å²) < 4.78 is 91.4. The lowest BCUT2D eigenvalue weighted by Crippen LogP contribution is -2.35. The minimum absolute atomic E-state index is 0.0577. The van der Waals surface area contributed by atoms with Crippen molar-refractivity contribution >= 4 is 60.7 Å². The Bertz CT molecular complexity index is 1890. The molecule has 18 heteroatoms. The van der Waals surface area contributed by atoms with Gasteiger partial charge in [0.2, 0.25) is 20.0 Å². The molecule has 11 nitrogen and oxygen atoms in total. The average Bonchev–Trinajstić information content (AvgIpc) is 3.19. The highest BCUT2D eigenvalue weighted by molar-refractivity contribution is 7.90. The number of benzene rings is 3. The largest absolute Gasteiger partial charge is 0.480 e. The number of carbonyl (C=O) groups is 2. The number of carbonyl (C=O) groups excluding carboxylic acids is 1. The van der Waals surface area contributed by atoms with Crippen LogP contribution in [0.2, 0.25) is 10.0 Å². The lowest BCUT2D eigenvalue weighted by molar-refractivity contribution is -0.140. The maximum Gasteiger partial charge on any atom is 0.417 e. The Balaban J connectivity index is 0.000000204. The summed E-state index contributed by atoms with van der Waals surface area (Å²) >= 11 is 12.5. The average molecular weight is 697 g/mol. The molecule has 1 aliphatic carbocycles. The van der Waals surface area contributed by atoms with Gasteiger partial charge in [-0.3, -0.25) is 4.79 Å². The molecule has 1 heterocycles. The first-order valence-corrected chi connectivity index (χ1v) is 16.0. The normalized spacial score (nSPS) is 18.8. The summed E-state index contributed by atoms with van der Waals surface area (Å²) in [5, 5.41) is 16.0. The lowest BCUT2D eigenvalue weighted by atomic mass is 9.79. The fraction of sp³-hybridized carbons (Fsp3) is 0.231. The zero-order chi connectivity index (χ0) is 32.8. The van der Waals surface area contributed by atoms with Crippen molar-refractivity contribution in [1.82, 2.24) is 4.72 Å². The van der Waals surface area contributed by atoms with E-state index in [1.54, 1.807) is 6.07 Å². The van der Waals surface area contributed by atoms with E-state index in [0.29, 0.717) is 29.7 Å². The molecule has 0 amide bonds. The molecule has 0 saturated heterocycles. The zero-order valence-electron chi connectivity index (χ0n) is 22.3. The van der Waals surface area contributed by atoms with Crippen LogP contribution in [0.3, 0.4) is 0 Å². The van der Waals surface area contributed by atoms with Crippen molar-refractivity contribution in [3.8, 4) is 5.75 Å². The van der Waals surface area contributed by atoms with Gasteiger partial charge in [0, 0.05) is 5.56 Å². The molecule has 44 heavy (non-hydrogen) atoms. The second-order valence-corrected chi connectivity index (χ2v) is 13.8. The molecule has 5 N–H and O–H groups in total. The number of halogens is 5. The second-order valence-electron chi connectivity index (χ2n) is 9.81. The Labute approximate surface area is 259 Å². The van der Waals surface area contributed by atoms with Gasteiger partial charge in [-0.2, -0.15) is 17.9 Å². The van der Waals surface area contributed by atoms with Crippen molar-refractivity contribution < 1.29 is 49.4 Å². The quantitative estimate of drug-likeness (QED) is 0.304. The van der Waals surface area contributed by atoms with Crippen molar-refractivity contribution in [3.05, 3.63) is 80.8 Å². The van der Waals surface area contributed by atoms with E-state index >= 15 is 0 Å². The molecular formula is C26H22Cl2F3N3O8S2. The van der Waals surface area contributed by atoms with Crippen LogP contribution < -0.4 is 19.9 Å². The summed E-state index contributed by atoms with van der Waals surface area (Å²) in [5.41, 5.74) is -0.614. The van der Waals surface area contributed by atoms with Crippen LogP contribution in [-0.4, -0.2) is 47.0 Å². The number of carboxylic acid groups (broad SMARTS) is 1. The van der Waals surface area contributed by atoms with Gasteiger partial charge in [0.1, 0.15) is 15.7 Å². The number of ketones is 1. The number of alkyl halides is 3. The van der Waals surface area contributed by atoms with Gasteiger partial charge in [0.15, 0.2) is 12.4 Å². The number of carboxylic acids is 1. The van der Waals surface area contributed by atoms with Gasteiger partial charge in [0.25, 0.3) is 0 Å². The van der Waals surface area contributed by atoms with E-state index in [0.717, 1.165) is 5.56 Å². The van der Waals surface area contributed by atoms with E-state index in [1.165, 1.54) is 0 Å². The molecule has 2 aliphatic rings. The number of hydrogen-bond acceptors (Lipinski definition) is 8. The molecule has 0 aromatic heterocycles. The van der Waals surface area contributed by atoms with Crippen molar-refractivity contribution in [1.29, 1.82) is 0 Å². The number of sulfonamides is 2. The van der Waals surface area contributed by atoms with Crippen molar-refractivity contribution in [2.24, 2.45) is 5.14 Å². The fourth-order valence-electron chi connectivity index (χ4n) is 4.74. The van der Waals surface area contributed by atoms with E-state index < -0.39 is 59.6 Å². The van der Waals surface area contributed by atoms with Crippen molar-refractivity contribution in [2.45, 2.75) is 34.7 Å². The SMILES string of the molecule is CC1(c2ccccc2)Cc2cc(OCC(=O)O)c(Cl)c(Cl)c2C1=O.NS(=O)(=O)c1cc2c(cc1C(F)(F)F)NCNS2(=O)=O. The minimum atomic E-state index is -4.99. The fourth-order valence-corrected chi connectivity index (χ4v) is 7.19. The Morgan fingerprint density at radius 2 is 1.77 bits per heavy atom. The van der Waals surface area contributed by atoms with E-state index in [1.807, 2.05) is 42.0 Å². The van der Waals surface area contributed by atoms with Crippen LogP contribution >= 0.6 is 23.2 Å². The molecule has 0 fully saturated rings. The number of nitrogens with two attached hydrogens (primary N) is 1. The number of fused-ring (bicyclic) bond motifs is 2. The van der Waals surface area contributed by atoms with Crippen LogP contribution in [0.5, 0.6) is 5.75 Å². The topological polar surface area (TPSA) is 182 Å². The number of nitrogens with one attached hydrogen (secondary N) is 2. The maximum atomic E-state index is 13.0. The molecule has 3 aromatic carbocycles. The van der Waals surface area contributed by atoms with Gasteiger partial charge in [-0.25, -0.2) is 26.8 Å². The number of Topliss-reactive ketones (excluding diaryl/α,β-unsaturated/α-hetero) is 1. The number of primary sulfonamides is 1. The van der Waals surface area contributed by atoms with E-state index in [2.05, 4.69) is 5.32 Å². The number of ether oxygens (including phenoxy) is 1. The Hall–Kier alpha value is -3.41. The third kappa shape index (κ3) is 6.50. The Morgan fingerprint density at radius 3 is 2.34 bits per heavy atom. The summed E-state index contributed by atoms with van der Waals surface area (Å²) in [6.45, 7) is 1.03. The molecule has 3 aromatic rings. The van der Waals surface area contributed by atoms with Crippen LogP contribution in [-0.2, 0) is 42.9 Å². The smallest absolute Gasteiger partial charge is 0.417 e. The predicted octanol–water partition coefficient (Wildman–Crippen LogP) is 4.17. The molecule has 0 radical (unpaired) electrons. The highest BCUT2D eigenvalue weighted by Crippen LogP contribution is 2.47. The number of hydrogen-bond donors (Lipinski definition) is 4. The molecular weight excluding hydrogens is 674 g/mol. The molecule has 236 valence electrons. The second kappa shape index (κ2) is 11.8. The van der Waals surface area contributed by atoms with Crippen LogP contribution in [0.1, 0.15) is 34.0 Å². The third-order valence-corrected chi connectivity index (χ3v) is 10.1. The van der Waals surface area contributed by atoms with Gasteiger partial charge >= 0.3 is 12.1 Å². The zero-order valence-corrected chi connectivity index (χ0v) is 25.5. The van der Waals surface area contributed by atoms with Crippen LogP contribution in [0, 0.1) is 0 Å². The van der Waals surface area contributed by atoms with Crippen molar-refractivity contribution in [3.63, 3.8) is 0 Å². The maximum absolute atomic E-state index is 13.0. The van der Waals surface area contributed by atoms with Gasteiger partial charge in [0.05, 0.1) is 33.3 Å². The first-order valence-electron chi connectivity index (χ1n) is 12.2. The first-order chi connectivity index (χ1) is 20.3. The standard InChI is InChI=1S/C18H14Cl2O4.C8H8F3N3O4S2/c1-18(11-5-3-2-4-6-11)8-10-7-12(24-9-13(21)22)15(19)16(20)14(10)17(18)23;9-8(10,11)4-1-5-7(2-6(4)19(12,15)16)20(17,18)14-3-13-5/h2-7H,8-9H2,1H3,(H,21,22);1-2,13-14H,3H2,(H2,12,15,16). The lowest BCUT2D eigenvalue weighted by Gasteiger charge is -2.22. The summed E-state index contributed by atoms with van der Waals surface area (Å²) in [5.74, 6) is -1.04. The van der Waals surface area contributed by atoms with E-state index in [4.69, 9.17) is 38.2 Å². The summed E-state index contributed by atoms with van der Waals surface area (Å²) in [7, 11) is -8.83. The molecule has 0 spiro atoms. The number of aliphatic carboxylic acids is 1. The molecule has 1 unspecified atom stereocenters. The number of rotatable bonds is 5. The van der Waals surface area contributed by atoms with Gasteiger partial charge < -0.3 is 15.2 Å². The summed E-state index contributed by atoms with van der Waals surface area (Å²) in [4.78, 5) is 21.8. The highest BCUT2D eigenvalue weighted by atomic mass is 35.5. The van der Waals surface area contributed by atoms with Crippen LogP contribution in [0.25, 0.3) is 0 Å². The predicted molar refractivity (Wildman–Crippen MR) is 153 cm³/mol. The number of anilines is 1. The van der Waals surface area contributed by atoms with Gasteiger partial charge in [-0.15, -0.1) is 0 Å². The van der Waals surface area contributed by atoms with E-state index in [9.17, 15) is 39.6 Å². The molecule has 1 atom stereocenters. The van der Waals surface area contributed by atoms with Crippen LogP contribution in [0.4, 0.5) is 18.9 Å². The molecule has 0 saturated carbocycles. The minimum Gasteiger partial charge on any atom is -0.480 e.